The minimum atomic E-state index is -0.766. The smallest absolute Gasteiger partial charge is 0.273 e. The van der Waals surface area contributed by atoms with E-state index in [0.29, 0.717) is 5.69 Å². The van der Waals surface area contributed by atoms with Crippen LogP contribution in [0.4, 0.5) is 0 Å². The number of rotatable bonds is 5. The van der Waals surface area contributed by atoms with Crippen molar-refractivity contribution in [1.29, 1.82) is 0 Å². The molecule has 0 bridgehead atoms. The highest BCUT2D eigenvalue weighted by molar-refractivity contribution is 7.08. The predicted molar refractivity (Wildman–Crippen MR) is 100 cm³/mol. The summed E-state index contributed by atoms with van der Waals surface area (Å²) in [6.45, 7) is 0.137. The van der Waals surface area contributed by atoms with Crippen molar-refractivity contribution in [3.63, 3.8) is 0 Å². The van der Waals surface area contributed by atoms with E-state index in [0.717, 1.165) is 48.1 Å². The molecular formula is C20H20N2O3S. The first kappa shape index (κ1) is 17.0. The molecule has 2 aromatic heterocycles. The number of thiophene rings is 1. The zero-order valence-electron chi connectivity index (χ0n) is 14.3. The molecule has 1 aromatic carbocycles. The molecule has 1 amide bonds. The van der Waals surface area contributed by atoms with Crippen molar-refractivity contribution < 1.29 is 14.4 Å². The van der Waals surface area contributed by atoms with Gasteiger partial charge < -0.3 is 14.9 Å². The first-order chi connectivity index (χ1) is 12.7. The third kappa shape index (κ3) is 3.43. The van der Waals surface area contributed by atoms with Crippen LogP contribution in [0, 0.1) is 0 Å². The van der Waals surface area contributed by atoms with E-state index in [-0.39, 0.29) is 12.5 Å². The number of nitrogens with zero attached hydrogens (tertiary/aromatic N) is 1. The summed E-state index contributed by atoms with van der Waals surface area (Å²) in [7, 11) is 0. The fraction of sp³-hybridized carbons (Fsp3) is 0.300. The van der Waals surface area contributed by atoms with E-state index in [1.807, 2.05) is 29.6 Å². The number of aliphatic hydroxyl groups excluding tert-OH is 1. The van der Waals surface area contributed by atoms with Crippen molar-refractivity contribution in [2.45, 2.75) is 31.8 Å². The van der Waals surface area contributed by atoms with Gasteiger partial charge in [0.1, 0.15) is 5.76 Å². The number of aryl methyl sites for hydroxylation is 1. The topological polar surface area (TPSA) is 75.4 Å². The lowest BCUT2D eigenvalue weighted by atomic mass is 9.96. The molecule has 0 spiro atoms. The van der Waals surface area contributed by atoms with Crippen LogP contribution >= 0.6 is 11.3 Å². The fourth-order valence-electron chi connectivity index (χ4n) is 3.28. The molecule has 5 nitrogen and oxygen atoms in total. The van der Waals surface area contributed by atoms with Gasteiger partial charge in [-0.1, -0.05) is 29.4 Å². The summed E-state index contributed by atoms with van der Waals surface area (Å²) in [5, 5.41) is 21.2. The molecule has 2 heterocycles. The summed E-state index contributed by atoms with van der Waals surface area (Å²) >= 11 is 1.65. The fourth-order valence-corrected chi connectivity index (χ4v) is 3.95. The summed E-state index contributed by atoms with van der Waals surface area (Å²) in [6, 6.07) is 9.81. The number of fused-ring (bicyclic) bond motifs is 1. The van der Waals surface area contributed by atoms with Crippen LogP contribution in [-0.4, -0.2) is 22.7 Å². The molecular weight excluding hydrogens is 348 g/mol. The number of carbonyl (C=O) groups excluding carboxylic acids is 1. The van der Waals surface area contributed by atoms with Gasteiger partial charge in [-0.25, -0.2) is 0 Å². The number of amides is 1. The molecule has 0 saturated heterocycles. The molecule has 2 N–H and O–H groups in total. The summed E-state index contributed by atoms with van der Waals surface area (Å²) < 4.78 is 5.28. The highest BCUT2D eigenvalue weighted by Crippen LogP contribution is 2.25. The molecule has 3 aromatic rings. The van der Waals surface area contributed by atoms with Gasteiger partial charge in [-0.2, -0.15) is 11.3 Å². The monoisotopic (exact) mass is 368 g/mol. The zero-order chi connectivity index (χ0) is 17.9. The Kier molecular flexibility index (Phi) is 4.86. The number of benzene rings is 1. The van der Waals surface area contributed by atoms with Crippen molar-refractivity contribution >= 4 is 17.2 Å². The Balaban J connectivity index is 1.38. The summed E-state index contributed by atoms with van der Waals surface area (Å²) in [4.78, 5) is 12.4. The Bertz CT molecular complexity index is 884. The molecule has 0 saturated carbocycles. The molecule has 1 aliphatic carbocycles. The Labute approximate surface area is 155 Å². The van der Waals surface area contributed by atoms with Crippen molar-refractivity contribution in [1.82, 2.24) is 10.5 Å². The summed E-state index contributed by atoms with van der Waals surface area (Å²) in [5.41, 5.74) is 4.33. The first-order valence-electron chi connectivity index (χ1n) is 8.78. The number of carbonyl (C=O) groups is 1. The van der Waals surface area contributed by atoms with Crippen LogP contribution in [0.1, 0.15) is 46.3 Å². The lowest BCUT2D eigenvalue weighted by Gasteiger charge is -2.13. The van der Waals surface area contributed by atoms with Crippen LogP contribution < -0.4 is 5.32 Å². The molecule has 134 valence electrons. The maximum absolute atomic E-state index is 12.4. The molecule has 0 unspecified atom stereocenters. The second kappa shape index (κ2) is 7.43. The Morgan fingerprint density at radius 2 is 2.00 bits per heavy atom. The average Bonchev–Trinajstić information content (AvgIpc) is 3.36. The third-order valence-corrected chi connectivity index (χ3v) is 5.45. The van der Waals surface area contributed by atoms with Crippen molar-refractivity contribution in [3.8, 4) is 11.1 Å². The predicted octanol–water partition coefficient (Wildman–Crippen LogP) is 3.75. The molecule has 4 rings (SSSR count). The summed E-state index contributed by atoms with van der Waals surface area (Å²) in [5.74, 6) is 0.539. The van der Waals surface area contributed by atoms with E-state index in [2.05, 4.69) is 21.9 Å². The normalized spacial score (nSPS) is 14.7. The molecule has 1 aliphatic rings. The number of hydrogen-bond acceptors (Lipinski definition) is 5. The van der Waals surface area contributed by atoms with Gasteiger partial charge in [0, 0.05) is 18.5 Å². The Morgan fingerprint density at radius 1 is 1.19 bits per heavy atom. The molecule has 0 aliphatic heterocycles. The maximum atomic E-state index is 12.4. The highest BCUT2D eigenvalue weighted by Gasteiger charge is 2.24. The van der Waals surface area contributed by atoms with Gasteiger partial charge >= 0.3 is 0 Å². The third-order valence-electron chi connectivity index (χ3n) is 4.77. The van der Waals surface area contributed by atoms with Crippen LogP contribution in [0.15, 0.2) is 45.6 Å². The lowest BCUT2D eigenvalue weighted by molar-refractivity contribution is 0.0906. The molecule has 0 radical (unpaired) electrons. The van der Waals surface area contributed by atoms with Gasteiger partial charge in [0.2, 0.25) is 0 Å². The van der Waals surface area contributed by atoms with E-state index in [1.54, 1.807) is 11.3 Å². The van der Waals surface area contributed by atoms with Crippen LogP contribution in [0.25, 0.3) is 11.1 Å². The lowest BCUT2D eigenvalue weighted by Crippen LogP contribution is -2.29. The zero-order valence-corrected chi connectivity index (χ0v) is 15.1. The maximum Gasteiger partial charge on any atom is 0.273 e. The van der Waals surface area contributed by atoms with Crippen molar-refractivity contribution in [2.75, 3.05) is 6.54 Å². The number of aromatic nitrogens is 1. The molecule has 26 heavy (non-hydrogen) atoms. The second-order valence-corrected chi connectivity index (χ2v) is 7.28. The van der Waals surface area contributed by atoms with Gasteiger partial charge in [-0.05, 0) is 52.8 Å². The minimum absolute atomic E-state index is 0.137. The molecule has 0 fully saturated rings. The van der Waals surface area contributed by atoms with Crippen molar-refractivity contribution in [3.05, 3.63) is 63.7 Å². The summed E-state index contributed by atoms with van der Waals surface area (Å²) in [6.07, 6.45) is 3.03. The Hall–Kier alpha value is -2.44. The number of hydrogen-bond donors (Lipinski definition) is 2. The number of aliphatic hydroxyl groups is 1. The number of nitrogens with one attached hydrogen (secondary N) is 1. The highest BCUT2D eigenvalue weighted by atomic mass is 32.1. The minimum Gasteiger partial charge on any atom is -0.387 e. The van der Waals surface area contributed by atoms with Crippen molar-refractivity contribution in [2.24, 2.45) is 0 Å². The average molecular weight is 368 g/mol. The van der Waals surface area contributed by atoms with Gasteiger partial charge in [-0.3, -0.25) is 4.79 Å². The quantitative estimate of drug-likeness (QED) is 0.719. The second-order valence-electron chi connectivity index (χ2n) is 6.50. The van der Waals surface area contributed by atoms with E-state index in [9.17, 15) is 9.90 Å². The van der Waals surface area contributed by atoms with Crippen LogP contribution in [-0.2, 0) is 12.8 Å². The largest absolute Gasteiger partial charge is 0.387 e. The molecule has 1 atom stereocenters. The van der Waals surface area contributed by atoms with Crippen LogP contribution in [0.3, 0.4) is 0 Å². The van der Waals surface area contributed by atoms with Gasteiger partial charge in [-0.15, -0.1) is 0 Å². The van der Waals surface area contributed by atoms with Crippen LogP contribution in [0.2, 0.25) is 0 Å². The SMILES string of the molecule is O=C(NC[C@H](O)c1ccc(-c2ccsc2)cc1)c1noc2c1CCCC2. The van der Waals surface area contributed by atoms with Crippen LogP contribution in [0.5, 0.6) is 0 Å². The molecule has 6 heteroatoms. The van der Waals surface area contributed by atoms with E-state index in [1.165, 1.54) is 5.56 Å². The van der Waals surface area contributed by atoms with E-state index >= 15 is 0 Å². The van der Waals surface area contributed by atoms with Gasteiger partial charge in [0.25, 0.3) is 5.91 Å². The standard InChI is InChI=1S/C20H20N2O3S/c23-17(14-7-5-13(6-8-14)15-9-10-26-12-15)11-21-20(24)19-16-3-1-2-4-18(16)25-22-19/h5-10,12,17,23H,1-4,11H2,(H,21,24)/t17-/m0/s1. The van der Waals surface area contributed by atoms with E-state index < -0.39 is 6.10 Å². The first-order valence-corrected chi connectivity index (χ1v) is 9.73. The van der Waals surface area contributed by atoms with Gasteiger partial charge in [0.05, 0.1) is 6.10 Å². The van der Waals surface area contributed by atoms with Gasteiger partial charge in [0.15, 0.2) is 5.69 Å². The van der Waals surface area contributed by atoms with E-state index in [4.69, 9.17) is 4.52 Å². The Morgan fingerprint density at radius 3 is 2.77 bits per heavy atom.